The summed E-state index contributed by atoms with van der Waals surface area (Å²) in [5.74, 6) is 1.26. The first-order valence-corrected chi connectivity index (χ1v) is 11.1. The van der Waals surface area contributed by atoms with E-state index in [1.54, 1.807) is 18.6 Å². The number of hydrogen-bond acceptors (Lipinski definition) is 6. The summed E-state index contributed by atoms with van der Waals surface area (Å²) < 4.78 is 0. The number of nitrogens with zero attached hydrogens (tertiary/aromatic N) is 4. The Hall–Kier alpha value is -3.33. The molecule has 2 aliphatic carbocycles. The molecule has 5 rings (SSSR count). The highest BCUT2D eigenvalue weighted by Crippen LogP contribution is 2.38. The maximum absolute atomic E-state index is 13.1. The number of carbonyl (C=O) groups is 1. The molecule has 1 aromatic carbocycles. The van der Waals surface area contributed by atoms with Gasteiger partial charge in [-0.3, -0.25) is 9.78 Å². The largest absolute Gasteiger partial charge is 0.381 e. The molecule has 2 fully saturated rings. The average molecular weight is 412 g/mol. The first-order valence-electron chi connectivity index (χ1n) is 11.1. The number of anilines is 1. The van der Waals surface area contributed by atoms with E-state index in [0.29, 0.717) is 11.6 Å². The van der Waals surface area contributed by atoms with E-state index in [1.165, 1.54) is 12.8 Å². The zero-order valence-corrected chi connectivity index (χ0v) is 17.6. The molecule has 3 aromatic rings. The van der Waals surface area contributed by atoms with Crippen molar-refractivity contribution in [2.75, 3.05) is 5.32 Å². The predicted octanol–water partition coefficient (Wildman–Crippen LogP) is 5.15. The summed E-state index contributed by atoms with van der Waals surface area (Å²) in [5, 5.41) is 13.6. The van der Waals surface area contributed by atoms with Crippen LogP contribution in [0.5, 0.6) is 0 Å². The van der Waals surface area contributed by atoms with E-state index < -0.39 is 0 Å². The van der Waals surface area contributed by atoms with Gasteiger partial charge < -0.3 is 5.32 Å². The highest BCUT2D eigenvalue weighted by Gasteiger charge is 2.33. The summed E-state index contributed by atoms with van der Waals surface area (Å²) in [6.45, 7) is 2.31. The number of nitriles is 1. The van der Waals surface area contributed by atoms with Gasteiger partial charge in [-0.15, -0.1) is 0 Å². The Morgan fingerprint density at radius 2 is 1.74 bits per heavy atom. The monoisotopic (exact) mass is 411 g/mol. The zero-order valence-electron chi connectivity index (χ0n) is 17.6. The number of fused-ring (bicyclic) bond motifs is 1. The Balaban J connectivity index is 1.58. The van der Waals surface area contributed by atoms with Crippen molar-refractivity contribution in [3.05, 3.63) is 48.2 Å². The predicted molar refractivity (Wildman–Crippen MR) is 120 cm³/mol. The molecule has 0 aliphatic heterocycles. The Bertz CT molecular complexity index is 1170. The zero-order chi connectivity index (χ0) is 21.4. The Kier molecular flexibility index (Phi) is 5.11. The van der Waals surface area contributed by atoms with Crippen LogP contribution in [-0.4, -0.2) is 26.8 Å². The number of aromatic nitrogens is 3. The van der Waals surface area contributed by atoms with Crippen LogP contribution in [0.1, 0.15) is 61.6 Å². The standard InChI is InChI=1S/C25H25N5O/c1-15-2-7-19(8-3-15)30-24-20-10-17(18-12-28-23(11-26)29-13-18)6-9-22(20)27-14-21(24)25(31)16-4-5-16/h6,9-10,12-16,19H,2-5,7-8H2,1H3,(H,27,30)/t15-,19-. The van der Waals surface area contributed by atoms with E-state index >= 15 is 0 Å². The van der Waals surface area contributed by atoms with Crippen molar-refractivity contribution in [1.82, 2.24) is 15.0 Å². The molecule has 0 spiro atoms. The normalized spacial score (nSPS) is 20.9. The number of carbonyl (C=O) groups excluding carboxylic acids is 1. The third kappa shape index (κ3) is 4.00. The molecule has 2 heterocycles. The fraction of sp³-hybridized carbons (Fsp3) is 0.400. The van der Waals surface area contributed by atoms with Crippen molar-refractivity contribution in [3.8, 4) is 17.2 Å². The van der Waals surface area contributed by atoms with Gasteiger partial charge in [0.05, 0.1) is 16.8 Å². The SMILES string of the molecule is C[C@H]1CC[C@H](Nc2c(C(=O)C3CC3)cnc3ccc(-c4cnc(C#N)nc4)cc23)CC1. The fourth-order valence-corrected chi connectivity index (χ4v) is 4.42. The molecular formula is C25H25N5O. The van der Waals surface area contributed by atoms with E-state index in [9.17, 15) is 4.79 Å². The lowest BCUT2D eigenvalue weighted by molar-refractivity contribution is 0.0968. The molecule has 2 aromatic heterocycles. The van der Waals surface area contributed by atoms with Crippen LogP contribution < -0.4 is 5.32 Å². The maximum atomic E-state index is 13.1. The van der Waals surface area contributed by atoms with E-state index in [0.717, 1.165) is 59.3 Å². The summed E-state index contributed by atoms with van der Waals surface area (Å²) in [7, 11) is 0. The van der Waals surface area contributed by atoms with Crippen molar-refractivity contribution in [1.29, 1.82) is 5.26 Å². The van der Waals surface area contributed by atoms with Crippen molar-refractivity contribution >= 4 is 22.4 Å². The smallest absolute Gasteiger partial charge is 0.232 e. The minimum Gasteiger partial charge on any atom is -0.381 e. The fourth-order valence-electron chi connectivity index (χ4n) is 4.42. The molecule has 0 unspecified atom stereocenters. The Morgan fingerprint density at radius 3 is 2.42 bits per heavy atom. The Morgan fingerprint density at radius 1 is 1.00 bits per heavy atom. The molecule has 0 saturated heterocycles. The van der Waals surface area contributed by atoms with E-state index in [1.807, 2.05) is 18.2 Å². The highest BCUT2D eigenvalue weighted by atomic mass is 16.1. The van der Waals surface area contributed by atoms with Crippen molar-refractivity contribution in [3.63, 3.8) is 0 Å². The molecular weight excluding hydrogens is 386 g/mol. The van der Waals surface area contributed by atoms with Crippen LogP contribution in [0.4, 0.5) is 5.69 Å². The summed E-state index contributed by atoms with van der Waals surface area (Å²) in [4.78, 5) is 25.9. The average Bonchev–Trinajstić information content (AvgIpc) is 3.66. The minimum atomic E-state index is 0.140. The van der Waals surface area contributed by atoms with Crippen LogP contribution in [0.2, 0.25) is 0 Å². The van der Waals surface area contributed by atoms with Crippen LogP contribution >= 0.6 is 0 Å². The second kappa shape index (κ2) is 8.07. The lowest BCUT2D eigenvalue weighted by atomic mass is 9.87. The molecule has 6 heteroatoms. The van der Waals surface area contributed by atoms with E-state index in [-0.39, 0.29) is 17.5 Å². The van der Waals surface area contributed by atoms with Gasteiger partial charge in [0.15, 0.2) is 5.78 Å². The van der Waals surface area contributed by atoms with Gasteiger partial charge in [-0.25, -0.2) is 9.97 Å². The van der Waals surface area contributed by atoms with Gasteiger partial charge in [0.2, 0.25) is 5.82 Å². The molecule has 2 saturated carbocycles. The van der Waals surface area contributed by atoms with Crippen molar-refractivity contribution < 1.29 is 4.79 Å². The van der Waals surface area contributed by atoms with Crippen LogP contribution in [0.3, 0.4) is 0 Å². The van der Waals surface area contributed by atoms with Crippen LogP contribution in [0.15, 0.2) is 36.8 Å². The highest BCUT2D eigenvalue weighted by molar-refractivity contribution is 6.10. The molecule has 156 valence electrons. The second-order valence-electron chi connectivity index (χ2n) is 8.93. The van der Waals surface area contributed by atoms with E-state index in [2.05, 4.69) is 33.3 Å². The lowest BCUT2D eigenvalue weighted by Gasteiger charge is -2.29. The quantitative estimate of drug-likeness (QED) is 0.584. The number of pyridine rings is 1. The topological polar surface area (TPSA) is 91.6 Å². The maximum Gasteiger partial charge on any atom is 0.232 e. The molecule has 0 bridgehead atoms. The third-order valence-electron chi connectivity index (χ3n) is 6.53. The first-order chi connectivity index (χ1) is 15.1. The summed E-state index contributed by atoms with van der Waals surface area (Å²) in [6, 6.07) is 8.33. The van der Waals surface area contributed by atoms with Crippen LogP contribution in [0, 0.1) is 23.2 Å². The van der Waals surface area contributed by atoms with Gasteiger partial charge in [-0.05, 0) is 62.1 Å². The Labute approximate surface area is 181 Å². The van der Waals surface area contributed by atoms with Crippen LogP contribution in [0.25, 0.3) is 22.0 Å². The molecule has 31 heavy (non-hydrogen) atoms. The van der Waals surface area contributed by atoms with Crippen molar-refractivity contribution in [2.24, 2.45) is 11.8 Å². The number of benzene rings is 1. The summed E-state index contributed by atoms with van der Waals surface area (Å²) in [5.41, 5.74) is 4.25. The first kappa shape index (κ1) is 19.6. The summed E-state index contributed by atoms with van der Waals surface area (Å²) >= 11 is 0. The number of nitrogens with one attached hydrogen (secondary N) is 1. The van der Waals surface area contributed by atoms with Gasteiger partial charge in [0, 0.05) is 41.5 Å². The summed E-state index contributed by atoms with van der Waals surface area (Å²) in [6.07, 6.45) is 11.7. The molecule has 1 N–H and O–H groups in total. The number of rotatable bonds is 5. The minimum absolute atomic E-state index is 0.140. The molecule has 2 aliphatic rings. The molecule has 6 nitrogen and oxygen atoms in total. The number of ketones is 1. The van der Waals surface area contributed by atoms with Gasteiger partial charge >= 0.3 is 0 Å². The lowest BCUT2D eigenvalue weighted by Crippen LogP contribution is -2.26. The van der Waals surface area contributed by atoms with E-state index in [4.69, 9.17) is 5.26 Å². The van der Waals surface area contributed by atoms with Gasteiger partial charge in [-0.2, -0.15) is 5.26 Å². The second-order valence-corrected chi connectivity index (χ2v) is 8.93. The van der Waals surface area contributed by atoms with Crippen molar-refractivity contribution in [2.45, 2.75) is 51.5 Å². The van der Waals surface area contributed by atoms with Crippen LogP contribution in [-0.2, 0) is 0 Å². The number of Topliss-reactive ketones (excluding diaryl/α,β-unsaturated/α-hetero) is 1. The van der Waals surface area contributed by atoms with Gasteiger partial charge in [-0.1, -0.05) is 13.0 Å². The molecule has 0 amide bonds. The van der Waals surface area contributed by atoms with Gasteiger partial charge in [0.1, 0.15) is 6.07 Å². The molecule has 0 radical (unpaired) electrons. The van der Waals surface area contributed by atoms with Gasteiger partial charge in [0.25, 0.3) is 0 Å². The third-order valence-corrected chi connectivity index (χ3v) is 6.53. The number of hydrogen-bond donors (Lipinski definition) is 1. The molecule has 0 atom stereocenters.